The van der Waals surface area contributed by atoms with Crippen molar-refractivity contribution in [2.45, 2.75) is 25.3 Å². The molecule has 102 valence electrons. The molecule has 2 aromatic heterocycles. The van der Waals surface area contributed by atoms with E-state index in [0.29, 0.717) is 6.04 Å². The molecule has 0 aliphatic heterocycles. The van der Waals surface area contributed by atoms with Crippen LogP contribution in [0, 0.1) is 0 Å². The number of hydrogen-bond acceptors (Lipinski definition) is 4. The van der Waals surface area contributed by atoms with E-state index in [1.54, 1.807) is 0 Å². The number of thiazole rings is 1. The predicted octanol–water partition coefficient (Wildman–Crippen LogP) is 4.15. The van der Waals surface area contributed by atoms with Crippen LogP contribution in [0.15, 0.2) is 34.9 Å². The summed E-state index contributed by atoms with van der Waals surface area (Å²) >= 11 is 1.82. The van der Waals surface area contributed by atoms with Crippen LogP contribution in [-0.2, 0) is 6.42 Å². The zero-order chi connectivity index (χ0) is 13.5. The van der Waals surface area contributed by atoms with E-state index in [0.717, 1.165) is 28.0 Å². The van der Waals surface area contributed by atoms with E-state index in [-0.39, 0.29) is 0 Å². The first-order chi connectivity index (χ1) is 9.86. The van der Waals surface area contributed by atoms with E-state index in [4.69, 9.17) is 9.40 Å². The maximum absolute atomic E-state index is 5.64. The molecule has 4 rings (SSSR count). The van der Waals surface area contributed by atoms with Gasteiger partial charge in [0.15, 0.2) is 0 Å². The lowest BCUT2D eigenvalue weighted by atomic mass is 9.98. The van der Waals surface area contributed by atoms with Crippen LogP contribution in [0.1, 0.15) is 29.5 Å². The highest BCUT2D eigenvalue weighted by atomic mass is 32.1. The Labute approximate surface area is 121 Å². The van der Waals surface area contributed by atoms with Crippen LogP contribution >= 0.6 is 11.3 Å². The van der Waals surface area contributed by atoms with Crippen molar-refractivity contribution in [3.8, 4) is 10.6 Å². The second-order valence-corrected chi connectivity index (χ2v) is 6.29. The third-order valence-corrected chi connectivity index (χ3v) is 5.18. The lowest BCUT2D eigenvalue weighted by molar-refractivity contribution is 0.490. The zero-order valence-corrected chi connectivity index (χ0v) is 12.2. The SMILES string of the molecule is CNC1CCCc2sc(-c3coc4ccccc34)nc21. The number of aromatic nitrogens is 1. The molecular formula is C16H16N2OS. The van der Waals surface area contributed by atoms with Crippen LogP contribution in [0.4, 0.5) is 0 Å². The third-order valence-electron chi connectivity index (χ3n) is 4.01. The van der Waals surface area contributed by atoms with E-state index < -0.39 is 0 Å². The molecule has 20 heavy (non-hydrogen) atoms. The van der Waals surface area contributed by atoms with Gasteiger partial charge >= 0.3 is 0 Å². The maximum Gasteiger partial charge on any atom is 0.134 e. The number of nitrogens with one attached hydrogen (secondary N) is 1. The number of para-hydroxylation sites is 1. The predicted molar refractivity (Wildman–Crippen MR) is 82.1 cm³/mol. The molecule has 0 amide bonds. The van der Waals surface area contributed by atoms with Crippen molar-refractivity contribution in [2.75, 3.05) is 7.05 Å². The Hall–Kier alpha value is -1.65. The highest BCUT2D eigenvalue weighted by molar-refractivity contribution is 7.15. The Kier molecular flexibility index (Phi) is 2.86. The molecule has 3 aromatic rings. The molecule has 1 atom stereocenters. The van der Waals surface area contributed by atoms with Crippen molar-refractivity contribution in [3.63, 3.8) is 0 Å². The van der Waals surface area contributed by atoms with E-state index >= 15 is 0 Å². The number of hydrogen-bond donors (Lipinski definition) is 1. The van der Waals surface area contributed by atoms with Crippen LogP contribution in [-0.4, -0.2) is 12.0 Å². The van der Waals surface area contributed by atoms with Crippen molar-refractivity contribution in [1.82, 2.24) is 10.3 Å². The number of furan rings is 1. The number of aryl methyl sites for hydroxylation is 1. The van der Waals surface area contributed by atoms with Gasteiger partial charge in [0, 0.05) is 10.3 Å². The number of nitrogens with zero attached hydrogens (tertiary/aromatic N) is 1. The quantitative estimate of drug-likeness (QED) is 0.768. The Morgan fingerprint density at radius 2 is 2.25 bits per heavy atom. The van der Waals surface area contributed by atoms with Gasteiger partial charge in [0.05, 0.1) is 17.3 Å². The molecule has 0 fully saturated rings. The van der Waals surface area contributed by atoms with Gasteiger partial charge in [-0.05, 0) is 32.4 Å². The van der Waals surface area contributed by atoms with Gasteiger partial charge in [-0.15, -0.1) is 11.3 Å². The van der Waals surface area contributed by atoms with Crippen molar-refractivity contribution >= 4 is 22.3 Å². The minimum Gasteiger partial charge on any atom is -0.464 e. The Balaban J connectivity index is 1.85. The first-order valence-electron chi connectivity index (χ1n) is 7.00. The molecule has 0 spiro atoms. The summed E-state index contributed by atoms with van der Waals surface area (Å²) in [6.07, 6.45) is 5.41. The van der Waals surface area contributed by atoms with Crippen molar-refractivity contribution in [2.24, 2.45) is 0 Å². The van der Waals surface area contributed by atoms with E-state index in [1.807, 2.05) is 42.8 Å². The van der Waals surface area contributed by atoms with Crippen LogP contribution in [0.3, 0.4) is 0 Å². The molecule has 1 aliphatic rings. The normalized spacial score (nSPS) is 18.4. The van der Waals surface area contributed by atoms with Gasteiger partial charge in [0.25, 0.3) is 0 Å². The summed E-state index contributed by atoms with van der Waals surface area (Å²) < 4.78 is 5.64. The summed E-state index contributed by atoms with van der Waals surface area (Å²) in [5, 5.41) is 5.61. The smallest absolute Gasteiger partial charge is 0.134 e. The second-order valence-electron chi connectivity index (χ2n) is 5.21. The average molecular weight is 284 g/mol. The highest BCUT2D eigenvalue weighted by Gasteiger charge is 2.24. The molecule has 0 bridgehead atoms. The summed E-state index contributed by atoms with van der Waals surface area (Å²) in [5.74, 6) is 0. The summed E-state index contributed by atoms with van der Waals surface area (Å²) in [4.78, 5) is 6.32. The van der Waals surface area contributed by atoms with Gasteiger partial charge in [-0.25, -0.2) is 4.98 Å². The largest absolute Gasteiger partial charge is 0.464 e. The third kappa shape index (κ3) is 1.79. The summed E-state index contributed by atoms with van der Waals surface area (Å²) in [5.41, 5.74) is 3.29. The number of fused-ring (bicyclic) bond motifs is 2. The van der Waals surface area contributed by atoms with Crippen molar-refractivity contribution < 1.29 is 4.42 Å². The second kappa shape index (κ2) is 4.72. The van der Waals surface area contributed by atoms with Gasteiger partial charge < -0.3 is 9.73 Å². The first kappa shape index (κ1) is 12.1. The van der Waals surface area contributed by atoms with Crippen LogP contribution in [0.5, 0.6) is 0 Å². The standard InChI is InChI=1S/C16H16N2OS/c1-17-12-6-4-8-14-15(12)18-16(20-14)11-9-19-13-7-3-2-5-10(11)13/h2-3,5,7,9,12,17H,4,6,8H2,1H3. The molecule has 4 heteroatoms. The Morgan fingerprint density at radius 3 is 3.15 bits per heavy atom. The molecule has 3 nitrogen and oxygen atoms in total. The highest BCUT2D eigenvalue weighted by Crippen LogP contribution is 2.39. The molecule has 2 heterocycles. The molecular weight excluding hydrogens is 268 g/mol. The molecule has 0 saturated heterocycles. The molecule has 0 radical (unpaired) electrons. The molecule has 1 N–H and O–H groups in total. The number of benzene rings is 1. The fourth-order valence-corrected chi connectivity index (χ4v) is 4.14. The van der Waals surface area contributed by atoms with E-state index in [9.17, 15) is 0 Å². The maximum atomic E-state index is 5.64. The van der Waals surface area contributed by atoms with Gasteiger partial charge in [-0.2, -0.15) is 0 Å². The summed E-state index contributed by atoms with van der Waals surface area (Å²) in [7, 11) is 2.02. The monoisotopic (exact) mass is 284 g/mol. The van der Waals surface area contributed by atoms with Gasteiger partial charge in [-0.3, -0.25) is 0 Å². The lowest BCUT2D eigenvalue weighted by Gasteiger charge is -2.19. The Bertz CT molecular complexity index is 759. The lowest BCUT2D eigenvalue weighted by Crippen LogP contribution is -2.21. The van der Waals surface area contributed by atoms with E-state index in [1.165, 1.54) is 23.4 Å². The number of rotatable bonds is 2. The molecule has 1 unspecified atom stereocenters. The minimum atomic E-state index is 0.405. The first-order valence-corrected chi connectivity index (χ1v) is 7.82. The van der Waals surface area contributed by atoms with Crippen LogP contribution in [0.2, 0.25) is 0 Å². The topological polar surface area (TPSA) is 38.1 Å². The molecule has 1 aliphatic carbocycles. The van der Waals surface area contributed by atoms with Gasteiger partial charge in [0.2, 0.25) is 0 Å². The van der Waals surface area contributed by atoms with Crippen molar-refractivity contribution in [1.29, 1.82) is 0 Å². The molecule has 0 saturated carbocycles. The van der Waals surface area contributed by atoms with Gasteiger partial charge in [-0.1, -0.05) is 18.2 Å². The van der Waals surface area contributed by atoms with Gasteiger partial charge in [0.1, 0.15) is 16.9 Å². The van der Waals surface area contributed by atoms with Crippen molar-refractivity contribution in [3.05, 3.63) is 41.1 Å². The van der Waals surface area contributed by atoms with Crippen LogP contribution in [0.25, 0.3) is 21.5 Å². The summed E-state index contributed by atoms with van der Waals surface area (Å²) in [6, 6.07) is 8.56. The van der Waals surface area contributed by atoms with Crippen LogP contribution < -0.4 is 5.32 Å². The van der Waals surface area contributed by atoms with E-state index in [2.05, 4.69) is 11.4 Å². The summed E-state index contributed by atoms with van der Waals surface area (Å²) in [6.45, 7) is 0. The Morgan fingerprint density at radius 1 is 1.35 bits per heavy atom. The molecule has 1 aromatic carbocycles. The zero-order valence-electron chi connectivity index (χ0n) is 11.3. The average Bonchev–Trinajstić information content (AvgIpc) is 3.10. The fraction of sp³-hybridized carbons (Fsp3) is 0.312. The fourth-order valence-electron chi connectivity index (χ4n) is 2.96. The minimum absolute atomic E-state index is 0.405.